The standard InChI is InChI=1S/C16H17N3O5/c20-14-13-10-24-16(8-2-1-3-9-16)18(13)15(21)17(14)11-4-6-12(7-5-11)19(22)23/h4-7,13H,1-3,8-10H2/t13-/m1/s1. The van der Waals surface area contributed by atoms with Crippen LogP contribution in [0.5, 0.6) is 0 Å². The molecular weight excluding hydrogens is 314 g/mol. The molecule has 1 aromatic rings. The molecule has 126 valence electrons. The van der Waals surface area contributed by atoms with Gasteiger partial charge < -0.3 is 4.74 Å². The normalized spacial score (nSPS) is 25.4. The number of benzene rings is 1. The lowest BCUT2D eigenvalue weighted by molar-refractivity contribution is -0.384. The van der Waals surface area contributed by atoms with Crippen molar-refractivity contribution in [1.82, 2.24) is 4.90 Å². The van der Waals surface area contributed by atoms with E-state index in [0.29, 0.717) is 5.69 Å². The molecule has 4 rings (SSSR count). The van der Waals surface area contributed by atoms with Crippen molar-refractivity contribution < 1.29 is 19.2 Å². The summed E-state index contributed by atoms with van der Waals surface area (Å²) < 4.78 is 5.89. The van der Waals surface area contributed by atoms with Crippen LogP contribution in [0.3, 0.4) is 0 Å². The summed E-state index contributed by atoms with van der Waals surface area (Å²) in [6.45, 7) is 0.216. The van der Waals surface area contributed by atoms with Crippen molar-refractivity contribution in [3.8, 4) is 0 Å². The third-order valence-corrected chi connectivity index (χ3v) is 5.12. The molecule has 1 atom stereocenters. The Balaban J connectivity index is 1.66. The van der Waals surface area contributed by atoms with Crippen LogP contribution in [0, 0.1) is 10.1 Å². The van der Waals surface area contributed by atoms with Gasteiger partial charge in [-0.05, 0) is 37.8 Å². The molecule has 0 radical (unpaired) electrons. The van der Waals surface area contributed by atoms with Crippen LogP contribution in [0.15, 0.2) is 24.3 Å². The fourth-order valence-corrected chi connectivity index (χ4v) is 3.95. The Morgan fingerprint density at radius 2 is 1.79 bits per heavy atom. The molecule has 0 N–H and O–H groups in total. The zero-order valence-electron chi connectivity index (χ0n) is 13.0. The van der Waals surface area contributed by atoms with Crippen molar-refractivity contribution in [1.29, 1.82) is 0 Å². The number of nitro benzene ring substituents is 1. The summed E-state index contributed by atoms with van der Waals surface area (Å²) in [6.07, 6.45) is 4.55. The average molecular weight is 331 g/mol. The number of carbonyl (C=O) groups is 2. The number of fused-ring (bicyclic) bond motifs is 2. The van der Waals surface area contributed by atoms with Gasteiger partial charge in [-0.2, -0.15) is 0 Å². The number of hydrogen-bond acceptors (Lipinski definition) is 5. The van der Waals surface area contributed by atoms with E-state index in [2.05, 4.69) is 0 Å². The molecule has 8 nitrogen and oxygen atoms in total. The molecule has 2 aliphatic heterocycles. The molecule has 2 saturated heterocycles. The second-order valence-corrected chi connectivity index (χ2v) is 6.43. The monoisotopic (exact) mass is 331 g/mol. The van der Waals surface area contributed by atoms with Crippen LogP contribution in [0.2, 0.25) is 0 Å². The predicted octanol–water partition coefficient (Wildman–Crippen LogP) is 2.42. The lowest BCUT2D eigenvalue weighted by atomic mass is 9.90. The van der Waals surface area contributed by atoms with Crippen LogP contribution in [0.25, 0.3) is 0 Å². The summed E-state index contributed by atoms with van der Waals surface area (Å²) in [5.41, 5.74) is -0.382. The fourth-order valence-electron chi connectivity index (χ4n) is 3.95. The van der Waals surface area contributed by atoms with E-state index >= 15 is 0 Å². The molecule has 1 aromatic carbocycles. The Kier molecular flexibility index (Phi) is 3.31. The Bertz CT molecular complexity index is 711. The molecule has 1 spiro atoms. The van der Waals surface area contributed by atoms with Gasteiger partial charge in [-0.3, -0.25) is 19.8 Å². The molecule has 3 amide bonds. The molecule has 0 unspecified atom stereocenters. The predicted molar refractivity (Wildman–Crippen MR) is 83.4 cm³/mol. The number of amides is 3. The molecule has 0 bridgehead atoms. The van der Waals surface area contributed by atoms with Gasteiger partial charge in [0.15, 0.2) is 0 Å². The topological polar surface area (TPSA) is 93.0 Å². The van der Waals surface area contributed by atoms with Gasteiger partial charge >= 0.3 is 6.03 Å². The highest BCUT2D eigenvalue weighted by Gasteiger charge is 2.60. The number of hydrogen-bond donors (Lipinski definition) is 0. The number of carbonyl (C=O) groups excluding carboxylic acids is 2. The number of imide groups is 1. The highest BCUT2D eigenvalue weighted by atomic mass is 16.6. The first-order valence-corrected chi connectivity index (χ1v) is 8.09. The average Bonchev–Trinajstić information content (AvgIpc) is 3.06. The van der Waals surface area contributed by atoms with Gasteiger partial charge in [0.25, 0.3) is 11.6 Å². The third-order valence-electron chi connectivity index (χ3n) is 5.12. The van der Waals surface area contributed by atoms with Crippen molar-refractivity contribution in [2.75, 3.05) is 11.5 Å². The zero-order chi connectivity index (χ0) is 16.9. The quantitative estimate of drug-likeness (QED) is 0.471. The summed E-state index contributed by atoms with van der Waals surface area (Å²) in [5.74, 6) is -0.323. The Hall–Kier alpha value is -2.48. The van der Waals surface area contributed by atoms with Crippen molar-refractivity contribution in [2.45, 2.75) is 43.9 Å². The SMILES string of the molecule is O=C1[C@H]2COC3(CCCCC3)N2C(=O)N1c1ccc([N+](=O)[O-])cc1. The second-order valence-electron chi connectivity index (χ2n) is 6.43. The zero-order valence-corrected chi connectivity index (χ0v) is 13.0. The second kappa shape index (κ2) is 5.27. The molecule has 0 aromatic heterocycles. The van der Waals surface area contributed by atoms with E-state index in [-0.39, 0.29) is 18.2 Å². The molecular formula is C16H17N3O5. The molecule has 3 fully saturated rings. The Morgan fingerprint density at radius 3 is 2.42 bits per heavy atom. The number of rotatable bonds is 2. The Labute approximate surface area is 138 Å². The van der Waals surface area contributed by atoms with E-state index in [9.17, 15) is 19.7 Å². The van der Waals surface area contributed by atoms with Gasteiger partial charge in [-0.1, -0.05) is 6.42 Å². The maximum Gasteiger partial charge on any atom is 0.334 e. The number of urea groups is 1. The number of nitrogens with zero attached hydrogens (tertiary/aromatic N) is 3. The van der Waals surface area contributed by atoms with Crippen molar-refractivity contribution in [3.05, 3.63) is 34.4 Å². The van der Waals surface area contributed by atoms with Crippen LogP contribution in [0.4, 0.5) is 16.2 Å². The van der Waals surface area contributed by atoms with E-state index in [1.807, 2.05) is 0 Å². The van der Waals surface area contributed by atoms with E-state index in [1.165, 1.54) is 24.3 Å². The molecule has 3 aliphatic rings. The smallest absolute Gasteiger partial charge is 0.334 e. The minimum absolute atomic E-state index is 0.0783. The summed E-state index contributed by atoms with van der Waals surface area (Å²) >= 11 is 0. The maximum atomic E-state index is 12.9. The number of nitro groups is 1. The van der Waals surface area contributed by atoms with Gasteiger partial charge in [0.05, 0.1) is 17.2 Å². The molecule has 24 heavy (non-hydrogen) atoms. The highest BCUT2D eigenvalue weighted by Crippen LogP contribution is 2.44. The van der Waals surface area contributed by atoms with E-state index in [1.54, 1.807) is 4.90 Å². The summed E-state index contributed by atoms with van der Waals surface area (Å²) in [5, 5.41) is 10.8. The summed E-state index contributed by atoms with van der Waals surface area (Å²) in [6, 6.07) is 4.48. The first kappa shape index (κ1) is 15.1. The minimum Gasteiger partial charge on any atom is -0.353 e. The van der Waals surface area contributed by atoms with E-state index in [4.69, 9.17) is 4.74 Å². The Morgan fingerprint density at radius 1 is 1.12 bits per heavy atom. The van der Waals surface area contributed by atoms with Crippen LogP contribution in [0.1, 0.15) is 32.1 Å². The van der Waals surface area contributed by atoms with Gasteiger partial charge in [-0.15, -0.1) is 0 Å². The largest absolute Gasteiger partial charge is 0.353 e. The molecule has 1 aliphatic carbocycles. The lowest BCUT2D eigenvalue weighted by Crippen LogP contribution is -2.50. The van der Waals surface area contributed by atoms with Crippen molar-refractivity contribution >= 4 is 23.3 Å². The van der Waals surface area contributed by atoms with Gasteiger partial charge in [0, 0.05) is 12.1 Å². The van der Waals surface area contributed by atoms with Crippen LogP contribution >= 0.6 is 0 Å². The van der Waals surface area contributed by atoms with Gasteiger partial charge in [0.2, 0.25) is 0 Å². The van der Waals surface area contributed by atoms with Crippen molar-refractivity contribution in [2.24, 2.45) is 0 Å². The fraction of sp³-hybridized carbons (Fsp3) is 0.500. The number of anilines is 1. The van der Waals surface area contributed by atoms with Gasteiger partial charge in [0.1, 0.15) is 11.8 Å². The van der Waals surface area contributed by atoms with Crippen LogP contribution in [-0.2, 0) is 9.53 Å². The highest BCUT2D eigenvalue weighted by molar-refractivity contribution is 6.21. The van der Waals surface area contributed by atoms with Gasteiger partial charge in [-0.25, -0.2) is 9.69 Å². The summed E-state index contributed by atoms with van der Waals surface area (Å²) in [4.78, 5) is 38.6. The van der Waals surface area contributed by atoms with E-state index < -0.39 is 22.7 Å². The molecule has 1 saturated carbocycles. The number of non-ortho nitro benzene ring substituents is 1. The molecule has 2 heterocycles. The lowest BCUT2D eigenvalue weighted by Gasteiger charge is -2.39. The first-order chi connectivity index (χ1) is 11.5. The number of ether oxygens (including phenoxy) is 1. The van der Waals surface area contributed by atoms with Crippen LogP contribution in [-0.4, -0.2) is 40.1 Å². The third kappa shape index (κ3) is 2.02. The summed E-state index contributed by atoms with van der Waals surface area (Å²) in [7, 11) is 0. The van der Waals surface area contributed by atoms with E-state index in [0.717, 1.165) is 37.0 Å². The van der Waals surface area contributed by atoms with Crippen LogP contribution < -0.4 is 4.90 Å². The first-order valence-electron chi connectivity index (χ1n) is 8.09. The molecule has 8 heteroatoms. The maximum absolute atomic E-state index is 12.9. The van der Waals surface area contributed by atoms with Crippen molar-refractivity contribution in [3.63, 3.8) is 0 Å². The minimum atomic E-state index is -0.662.